The number of fused-ring (bicyclic) bond motifs is 1. The lowest BCUT2D eigenvalue weighted by Crippen LogP contribution is -2.35. The van der Waals surface area contributed by atoms with Gasteiger partial charge in [0.25, 0.3) is 0 Å². The Morgan fingerprint density at radius 1 is 1.00 bits per heavy atom. The van der Waals surface area contributed by atoms with E-state index in [1.54, 1.807) is 44.3 Å². The Bertz CT molecular complexity index is 1460. The molecule has 3 heterocycles. The number of anilines is 5. The van der Waals surface area contributed by atoms with Crippen molar-refractivity contribution in [2.75, 3.05) is 28.6 Å². The molecule has 4 N–H and O–H groups in total. The van der Waals surface area contributed by atoms with Crippen molar-refractivity contribution in [1.29, 1.82) is 0 Å². The molecule has 9 nitrogen and oxygen atoms in total. The van der Waals surface area contributed by atoms with E-state index in [-0.39, 0.29) is 11.0 Å². The van der Waals surface area contributed by atoms with Crippen LogP contribution in [0.1, 0.15) is 26.7 Å². The Morgan fingerprint density at radius 3 is 2.44 bits per heavy atom. The molecule has 2 aromatic carbocycles. The number of nitrogens with one attached hydrogen (secondary N) is 3. The molecule has 188 valence electrons. The van der Waals surface area contributed by atoms with Crippen LogP contribution in [-0.2, 0) is 9.84 Å². The van der Waals surface area contributed by atoms with Crippen LogP contribution in [0.4, 0.5) is 28.8 Å². The van der Waals surface area contributed by atoms with E-state index in [0.29, 0.717) is 28.5 Å². The number of piperidine rings is 1. The molecule has 36 heavy (non-hydrogen) atoms. The standard InChI is InChI=1S/C26H30N6O3S/c1-17(2)36(34,35)23-6-4-3-5-21(23)29-25-24-22(11-14-27-24)30-26(31-25)28-18-7-9-19(10-8-18)32-15-12-20(33)13-16-32/h3-11,14,17,20,27,33H,12-13,15-16H2,1-2H3,(H2,28,29,30,31). The average Bonchev–Trinajstić information content (AvgIpc) is 3.34. The van der Waals surface area contributed by atoms with Crippen molar-refractivity contribution >= 4 is 49.7 Å². The minimum atomic E-state index is -3.49. The SMILES string of the molecule is CC(C)S(=O)(=O)c1ccccc1Nc1nc(Nc2ccc(N3CCC(O)CC3)cc2)nc2cc[nH]c12. The van der Waals surface area contributed by atoms with Gasteiger partial charge in [-0.2, -0.15) is 4.98 Å². The first-order valence-electron chi connectivity index (χ1n) is 12.1. The summed E-state index contributed by atoms with van der Waals surface area (Å²) < 4.78 is 25.8. The topological polar surface area (TPSA) is 123 Å². The number of benzene rings is 2. The molecular formula is C26H30N6O3S. The monoisotopic (exact) mass is 506 g/mol. The van der Waals surface area contributed by atoms with E-state index in [4.69, 9.17) is 0 Å². The van der Waals surface area contributed by atoms with E-state index in [2.05, 4.69) is 30.5 Å². The second kappa shape index (κ2) is 9.79. The molecular weight excluding hydrogens is 476 g/mol. The van der Waals surface area contributed by atoms with Crippen LogP contribution in [0.2, 0.25) is 0 Å². The maximum atomic E-state index is 12.9. The minimum absolute atomic E-state index is 0.206. The van der Waals surface area contributed by atoms with Crippen LogP contribution < -0.4 is 15.5 Å². The third kappa shape index (κ3) is 4.87. The van der Waals surface area contributed by atoms with Gasteiger partial charge in [-0.1, -0.05) is 12.1 Å². The van der Waals surface area contributed by atoms with Gasteiger partial charge in [-0.25, -0.2) is 13.4 Å². The Balaban J connectivity index is 1.41. The first kappa shape index (κ1) is 24.1. The molecule has 5 rings (SSSR count). The van der Waals surface area contributed by atoms with Crippen LogP contribution in [0.3, 0.4) is 0 Å². The summed E-state index contributed by atoms with van der Waals surface area (Å²) in [6.45, 7) is 5.01. The van der Waals surface area contributed by atoms with Crippen molar-refractivity contribution in [3.05, 3.63) is 60.8 Å². The highest BCUT2D eigenvalue weighted by atomic mass is 32.2. The zero-order valence-corrected chi connectivity index (χ0v) is 21.1. The third-order valence-electron chi connectivity index (χ3n) is 6.43. The molecule has 0 unspecified atom stereocenters. The molecule has 1 saturated heterocycles. The van der Waals surface area contributed by atoms with Crippen molar-refractivity contribution in [3.63, 3.8) is 0 Å². The highest BCUT2D eigenvalue weighted by molar-refractivity contribution is 7.92. The number of nitrogens with zero attached hydrogens (tertiary/aromatic N) is 3. The maximum absolute atomic E-state index is 12.9. The lowest BCUT2D eigenvalue weighted by Gasteiger charge is -2.31. The summed E-state index contributed by atoms with van der Waals surface area (Å²) >= 11 is 0. The summed E-state index contributed by atoms with van der Waals surface area (Å²) in [5.74, 6) is 0.866. The minimum Gasteiger partial charge on any atom is -0.393 e. The molecule has 0 atom stereocenters. The quantitative estimate of drug-likeness (QED) is 0.287. The summed E-state index contributed by atoms with van der Waals surface area (Å²) in [5.41, 5.74) is 3.78. The van der Waals surface area contributed by atoms with Gasteiger partial charge in [0.05, 0.1) is 27.5 Å². The van der Waals surface area contributed by atoms with Gasteiger partial charge in [0.1, 0.15) is 5.52 Å². The third-order valence-corrected chi connectivity index (χ3v) is 8.64. The predicted octanol–water partition coefficient (Wildman–Crippen LogP) is 4.59. The van der Waals surface area contributed by atoms with Crippen molar-refractivity contribution < 1.29 is 13.5 Å². The Labute approximate surface area is 210 Å². The fourth-order valence-electron chi connectivity index (χ4n) is 4.30. The fraction of sp³-hybridized carbons (Fsp3) is 0.308. The molecule has 1 aliphatic heterocycles. The smallest absolute Gasteiger partial charge is 0.229 e. The van der Waals surface area contributed by atoms with E-state index in [1.165, 1.54) is 0 Å². The molecule has 2 aromatic heterocycles. The van der Waals surface area contributed by atoms with Gasteiger partial charge < -0.3 is 25.6 Å². The zero-order chi connectivity index (χ0) is 25.3. The number of aromatic amines is 1. The first-order chi connectivity index (χ1) is 17.3. The molecule has 0 radical (unpaired) electrons. The summed E-state index contributed by atoms with van der Waals surface area (Å²) in [6.07, 6.45) is 3.13. The van der Waals surface area contributed by atoms with E-state index in [0.717, 1.165) is 37.3 Å². The molecule has 0 aliphatic carbocycles. The Morgan fingerprint density at radius 2 is 1.72 bits per heavy atom. The van der Waals surface area contributed by atoms with E-state index >= 15 is 0 Å². The summed E-state index contributed by atoms with van der Waals surface area (Å²) in [6, 6.07) is 16.7. The second-order valence-corrected chi connectivity index (χ2v) is 11.7. The molecule has 4 aromatic rings. The number of aliphatic hydroxyl groups is 1. The molecule has 0 spiro atoms. The van der Waals surface area contributed by atoms with E-state index in [1.807, 2.05) is 30.3 Å². The maximum Gasteiger partial charge on any atom is 0.229 e. The summed E-state index contributed by atoms with van der Waals surface area (Å²) in [7, 11) is -3.49. The molecule has 0 bridgehead atoms. The van der Waals surface area contributed by atoms with Crippen molar-refractivity contribution in [2.45, 2.75) is 42.9 Å². The number of rotatable bonds is 7. The van der Waals surface area contributed by atoms with Crippen molar-refractivity contribution in [1.82, 2.24) is 15.0 Å². The number of sulfone groups is 1. The number of aliphatic hydroxyl groups excluding tert-OH is 1. The van der Waals surface area contributed by atoms with Crippen LogP contribution in [0.5, 0.6) is 0 Å². The first-order valence-corrected chi connectivity index (χ1v) is 13.6. The average molecular weight is 507 g/mol. The van der Waals surface area contributed by atoms with Gasteiger partial charge in [0, 0.05) is 30.7 Å². The van der Waals surface area contributed by atoms with Gasteiger partial charge in [0.2, 0.25) is 5.95 Å². The molecule has 0 amide bonds. The lowest BCUT2D eigenvalue weighted by atomic mass is 10.1. The normalized spacial score (nSPS) is 14.9. The number of aromatic nitrogens is 3. The van der Waals surface area contributed by atoms with Gasteiger partial charge in [-0.15, -0.1) is 0 Å². The van der Waals surface area contributed by atoms with E-state index in [9.17, 15) is 13.5 Å². The van der Waals surface area contributed by atoms with Gasteiger partial charge >= 0.3 is 0 Å². The van der Waals surface area contributed by atoms with Crippen LogP contribution in [0.15, 0.2) is 65.7 Å². The van der Waals surface area contributed by atoms with Crippen LogP contribution in [-0.4, -0.2) is 52.9 Å². The number of para-hydroxylation sites is 1. The Hall–Kier alpha value is -3.63. The highest BCUT2D eigenvalue weighted by Crippen LogP contribution is 2.31. The summed E-state index contributed by atoms with van der Waals surface area (Å²) in [5, 5.41) is 15.7. The number of hydrogen-bond donors (Lipinski definition) is 4. The largest absolute Gasteiger partial charge is 0.393 e. The van der Waals surface area contributed by atoms with Crippen LogP contribution in [0, 0.1) is 0 Å². The fourth-order valence-corrected chi connectivity index (χ4v) is 5.50. The van der Waals surface area contributed by atoms with Crippen molar-refractivity contribution in [2.24, 2.45) is 0 Å². The molecule has 1 aliphatic rings. The number of H-pyrrole nitrogens is 1. The van der Waals surface area contributed by atoms with E-state index < -0.39 is 15.1 Å². The highest BCUT2D eigenvalue weighted by Gasteiger charge is 2.23. The zero-order valence-electron chi connectivity index (χ0n) is 20.3. The molecule has 10 heteroatoms. The number of hydrogen-bond acceptors (Lipinski definition) is 8. The van der Waals surface area contributed by atoms with Gasteiger partial charge in [-0.3, -0.25) is 0 Å². The van der Waals surface area contributed by atoms with Crippen LogP contribution >= 0.6 is 0 Å². The predicted molar refractivity (Wildman–Crippen MR) is 143 cm³/mol. The van der Waals surface area contributed by atoms with Crippen LogP contribution in [0.25, 0.3) is 11.0 Å². The van der Waals surface area contributed by atoms with Gasteiger partial charge in [-0.05, 0) is 69.2 Å². The van der Waals surface area contributed by atoms with Crippen molar-refractivity contribution in [3.8, 4) is 0 Å². The Kier molecular flexibility index (Phi) is 6.55. The van der Waals surface area contributed by atoms with Gasteiger partial charge in [0.15, 0.2) is 15.7 Å². The molecule has 0 saturated carbocycles. The molecule has 1 fully saturated rings. The lowest BCUT2D eigenvalue weighted by molar-refractivity contribution is 0.145. The second-order valence-electron chi connectivity index (χ2n) is 9.24. The summed E-state index contributed by atoms with van der Waals surface area (Å²) in [4.78, 5) is 14.9.